The molecule has 1 fully saturated rings. The molecule has 7 heavy (non-hydrogen) atoms. The Balaban J connectivity index is 2.14. The summed E-state index contributed by atoms with van der Waals surface area (Å²) in [5.74, 6) is 0. The van der Waals surface area contributed by atoms with Crippen molar-refractivity contribution in [3.05, 3.63) is 0 Å². The van der Waals surface area contributed by atoms with Gasteiger partial charge in [-0.1, -0.05) is 12.8 Å². The van der Waals surface area contributed by atoms with E-state index in [2.05, 4.69) is 22.7 Å². The van der Waals surface area contributed by atoms with Crippen LogP contribution < -0.4 is 4.83 Å². The average molecular weight is 118 g/mol. The van der Waals surface area contributed by atoms with Crippen molar-refractivity contribution in [2.45, 2.75) is 12.8 Å². The van der Waals surface area contributed by atoms with E-state index >= 15 is 0 Å². The molecule has 0 radical (unpaired) electrons. The molecule has 0 amide bonds. The van der Waals surface area contributed by atoms with Crippen LogP contribution in [0.15, 0.2) is 0 Å². The second-order valence-corrected chi connectivity index (χ2v) is 1.99. The molecule has 2 nitrogen and oxygen atoms in total. The van der Waals surface area contributed by atoms with Crippen molar-refractivity contribution < 1.29 is 0 Å². The van der Waals surface area contributed by atoms with Crippen LogP contribution in [-0.2, 0) is 0 Å². The van der Waals surface area contributed by atoms with Crippen LogP contribution in [0.5, 0.6) is 0 Å². The van der Waals surface area contributed by atoms with E-state index in [1.165, 1.54) is 12.8 Å². The molecule has 1 aliphatic rings. The highest BCUT2D eigenvalue weighted by Crippen LogP contribution is 2.03. The van der Waals surface area contributed by atoms with Crippen molar-refractivity contribution in [3.8, 4) is 0 Å². The van der Waals surface area contributed by atoms with Gasteiger partial charge in [-0.3, -0.25) is 0 Å². The number of rotatable bonds is 1. The lowest BCUT2D eigenvalue weighted by molar-refractivity contribution is 0.317. The lowest BCUT2D eigenvalue weighted by atomic mass is 10.4. The maximum atomic E-state index is 3.89. The first-order valence-electron chi connectivity index (χ1n) is 2.58. The van der Waals surface area contributed by atoms with Crippen LogP contribution in [0.3, 0.4) is 0 Å². The monoisotopic (exact) mass is 118 g/mol. The summed E-state index contributed by atoms with van der Waals surface area (Å²) in [6.07, 6.45) is 2.63. The van der Waals surface area contributed by atoms with Gasteiger partial charge in [-0.15, -0.1) is 0 Å². The number of hydrogen-bond donors (Lipinski definition) is 2. The third-order valence-corrected chi connectivity index (χ3v) is 1.53. The van der Waals surface area contributed by atoms with Gasteiger partial charge < -0.3 is 0 Å². The SMILES string of the molecule is SNN1CCCC1. The summed E-state index contributed by atoms with van der Waals surface area (Å²) >= 11 is 3.89. The van der Waals surface area contributed by atoms with Crippen LogP contribution in [0.1, 0.15) is 12.8 Å². The fourth-order valence-electron chi connectivity index (χ4n) is 0.817. The number of hydrogen-bond acceptors (Lipinski definition) is 3. The highest BCUT2D eigenvalue weighted by atomic mass is 32.1. The van der Waals surface area contributed by atoms with Gasteiger partial charge in [0, 0.05) is 13.1 Å². The van der Waals surface area contributed by atoms with Gasteiger partial charge >= 0.3 is 0 Å². The molecule has 0 atom stereocenters. The van der Waals surface area contributed by atoms with E-state index in [0.717, 1.165) is 13.1 Å². The minimum Gasteiger partial charge on any atom is -0.235 e. The van der Waals surface area contributed by atoms with Gasteiger partial charge in [-0.25, -0.2) is 9.84 Å². The Morgan fingerprint density at radius 2 is 1.86 bits per heavy atom. The maximum Gasteiger partial charge on any atom is 0.0140 e. The molecular formula is C4H10N2S. The van der Waals surface area contributed by atoms with Gasteiger partial charge in [0.15, 0.2) is 0 Å². The molecule has 0 saturated carbocycles. The first-order valence-corrected chi connectivity index (χ1v) is 3.03. The minimum absolute atomic E-state index is 1.16. The lowest BCUT2D eigenvalue weighted by Crippen LogP contribution is -2.27. The summed E-state index contributed by atoms with van der Waals surface area (Å²) in [7, 11) is 0. The quantitative estimate of drug-likeness (QED) is 0.485. The summed E-state index contributed by atoms with van der Waals surface area (Å²) in [4.78, 5) is 2.79. The van der Waals surface area contributed by atoms with E-state index in [-0.39, 0.29) is 0 Å². The Morgan fingerprint density at radius 1 is 1.29 bits per heavy atom. The zero-order valence-corrected chi connectivity index (χ0v) is 5.12. The molecule has 1 heterocycles. The van der Waals surface area contributed by atoms with Crippen LogP contribution in [0.25, 0.3) is 0 Å². The lowest BCUT2D eigenvalue weighted by Gasteiger charge is -2.08. The normalized spacial score (nSPS) is 23.6. The van der Waals surface area contributed by atoms with E-state index in [0.29, 0.717) is 0 Å². The molecule has 1 saturated heterocycles. The van der Waals surface area contributed by atoms with Crippen LogP contribution in [0, 0.1) is 0 Å². The summed E-state index contributed by atoms with van der Waals surface area (Å²) in [6.45, 7) is 2.31. The van der Waals surface area contributed by atoms with Crippen LogP contribution in [-0.4, -0.2) is 18.1 Å². The molecule has 0 bridgehead atoms. The Hall–Kier alpha value is 0.270. The molecule has 0 unspecified atom stereocenters. The van der Waals surface area contributed by atoms with Gasteiger partial charge in [0.25, 0.3) is 0 Å². The van der Waals surface area contributed by atoms with Crippen LogP contribution in [0.2, 0.25) is 0 Å². The molecule has 0 aromatic carbocycles. The Bertz CT molecular complexity index is 51.7. The van der Waals surface area contributed by atoms with Gasteiger partial charge in [-0.2, -0.15) is 0 Å². The fourth-order valence-corrected chi connectivity index (χ4v) is 1.02. The van der Waals surface area contributed by atoms with E-state index in [1.54, 1.807) is 0 Å². The van der Waals surface area contributed by atoms with E-state index in [9.17, 15) is 0 Å². The molecule has 42 valence electrons. The molecule has 1 N–H and O–H groups in total. The molecule has 0 aliphatic carbocycles. The second-order valence-electron chi connectivity index (χ2n) is 1.79. The van der Waals surface area contributed by atoms with Crippen molar-refractivity contribution in [1.82, 2.24) is 9.84 Å². The number of nitrogens with one attached hydrogen (secondary N) is 1. The van der Waals surface area contributed by atoms with Crippen molar-refractivity contribution in [2.75, 3.05) is 13.1 Å². The highest BCUT2D eigenvalue weighted by molar-refractivity contribution is 7.78. The number of hydrazine groups is 1. The first kappa shape index (κ1) is 5.41. The Kier molecular flexibility index (Phi) is 1.97. The van der Waals surface area contributed by atoms with E-state index in [4.69, 9.17) is 0 Å². The molecular weight excluding hydrogens is 108 g/mol. The molecule has 0 aromatic rings. The smallest absolute Gasteiger partial charge is 0.0140 e. The zero-order chi connectivity index (χ0) is 5.11. The maximum absolute atomic E-state index is 3.89. The first-order chi connectivity index (χ1) is 3.43. The predicted molar refractivity (Wildman–Crippen MR) is 32.9 cm³/mol. The standard InChI is InChI=1S/C4H10N2S/c7-5-6-3-1-2-4-6/h5,7H,1-4H2. The molecule has 1 rings (SSSR count). The average Bonchev–Trinajstić information content (AvgIpc) is 2.14. The summed E-state index contributed by atoms with van der Waals surface area (Å²) in [5.41, 5.74) is 0. The van der Waals surface area contributed by atoms with Crippen LogP contribution in [0.4, 0.5) is 0 Å². The third-order valence-electron chi connectivity index (χ3n) is 1.25. The van der Waals surface area contributed by atoms with Gasteiger partial charge in [-0.05, 0) is 12.8 Å². The summed E-state index contributed by atoms with van der Waals surface area (Å²) in [6, 6.07) is 0. The molecule has 3 heteroatoms. The third kappa shape index (κ3) is 1.33. The number of thiol groups is 1. The van der Waals surface area contributed by atoms with Crippen LogP contribution >= 0.6 is 12.8 Å². The Labute approximate surface area is 49.4 Å². The van der Waals surface area contributed by atoms with Gasteiger partial charge in [0.1, 0.15) is 0 Å². The summed E-state index contributed by atoms with van der Waals surface area (Å²) < 4.78 is 0. The van der Waals surface area contributed by atoms with E-state index < -0.39 is 0 Å². The van der Waals surface area contributed by atoms with Crippen molar-refractivity contribution in [3.63, 3.8) is 0 Å². The second kappa shape index (κ2) is 2.55. The zero-order valence-electron chi connectivity index (χ0n) is 4.22. The van der Waals surface area contributed by atoms with Crippen molar-refractivity contribution in [2.24, 2.45) is 0 Å². The van der Waals surface area contributed by atoms with Crippen molar-refractivity contribution in [1.29, 1.82) is 0 Å². The van der Waals surface area contributed by atoms with Gasteiger partial charge in [0.05, 0.1) is 0 Å². The summed E-state index contributed by atoms with van der Waals surface area (Å²) in [5, 5.41) is 2.10. The molecule has 1 aliphatic heterocycles. The molecule has 0 spiro atoms. The number of nitrogens with zero attached hydrogens (tertiary/aromatic N) is 1. The Morgan fingerprint density at radius 3 is 2.14 bits per heavy atom. The largest absolute Gasteiger partial charge is 0.235 e. The van der Waals surface area contributed by atoms with E-state index in [1.807, 2.05) is 0 Å². The minimum atomic E-state index is 1.16. The molecule has 0 aromatic heterocycles. The topological polar surface area (TPSA) is 15.3 Å². The predicted octanol–water partition coefficient (Wildman–Crippen LogP) is 0.432. The van der Waals surface area contributed by atoms with Crippen molar-refractivity contribution >= 4 is 12.8 Å². The highest BCUT2D eigenvalue weighted by Gasteiger charge is 2.07. The van der Waals surface area contributed by atoms with Gasteiger partial charge in [0.2, 0.25) is 0 Å². The fraction of sp³-hybridized carbons (Fsp3) is 1.00.